The lowest BCUT2D eigenvalue weighted by atomic mass is 10.0. The molecule has 2 aromatic carbocycles. The molecular formula is C25H27N5O3. The van der Waals surface area contributed by atoms with E-state index >= 15 is 0 Å². The van der Waals surface area contributed by atoms with Crippen molar-refractivity contribution in [2.24, 2.45) is 0 Å². The van der Waals surface area contributed by atoms with Crippen LogP contribution in [0.3, 0.4) is 0 Å². The Balaban J connectivity index is 1.39. The minimum Gasteiger partial charge on any atom is -0.481 e. The van der Waals surface area contributed by atoms with Crippen LogP contribution in [-0.4, -0.2) is 44.1 Å². The topological polar surface area (TPSA) is 97.3 Å². The number of hydrogen-bond acceptors (Lipinski definition) is 6. The van der Waals surface area contributed by atoms with Gasteiger partial charge in [-0.25, -0.2) is 0 Å². The lowest BCUT2D eigenvalue weighted by molar-refractivity contribution is -0.137. The Morgan fingerprint density at radius 2 is 1.91 bits per heavy atom. The van der Waals surface area contributed by atoms with Crippen LogP contribution in [0.1, 0.15) is 38.2 Å². The average Bonchev–Trinajstić information content (AvgIpc) is 3.50. The number of carbonyl (C=O) groups is 1. The first-order valence-corrected chi connectivity index (χ1v) is 11.5. The first kappa shape index (κ1) is 21.2. The molecule has 33 heavy (non-hydrogen) atoms. The van der Waals surface area contributed by atoms with Gasteiger partial charge in [0.15, 0.2) is 0 Å². The molecular weight excluding hydrogens is 418 g/mol. The zero-order chi connectivity index (χ0) is 22.8. The predicted molar refractivity (Wildman–Crippen MR) is 126 cm³/mol. The van der Waals surface area contributed by atoms with E-state index in [1.165, 1.54) is 30.5 Å². The maximum atomic E-state index is 10.9. The third-order valence-electron chi connectivity index (χ3n) is 6.27. The standard InChI is InChI=1S/C25H27N5O3/c1-2-17-14-19(7-8-21(17)29-11-4-3-5-12-29)25-27-24(28-33-25)18-6-9-22-20(15-18)16-26-30(22)13-10-23(31)32/h6-9,14-16H,2-5,10-13H2,1H3,(H,31,32). The molecule has 0 aliphatic carbocycles. The summed E-state index contributed by atoms with van der Waals surface area (Å²) in [5.74, 6) is 0.176. The number of benzene rings is 2. The fourth-order valence-electron chi connectivity index (χ4n) is 4.51. The predicted octanol–water partition coefficient (Wildman–Crippen LogP) is 4.78. The number of fused-ring (bicyclic) bond motifs is 1. The molecule has 0 amide bonds. The Bertz CT molecular complexity index is 1290. The third kappa shape index (κ3) is 4.33. The number of aliphatic carboxylic acids is 1. The summed E-state index contributed by atoms with van der Waals surface area (Å²) in [7, 11) is 0. The summed E-state index contributed by atoms with van der Waals surface area (Å²) >= 11 is 0. The Morgan fingerprint density at radius 3 is 2.70 bits per heavy atom. The Hall–Kier alpha value is -3.68. The van der Waals surface area contributed by atoms with Crippen LogP contribution in [-0.2, 0) is 17.8 Å². The fourth-order valence-corrected chi connectivity index (χ4v) is 4.51. The van der Waals surface area contributed by atoms with Crippen LogP contribution in [0, 0.1) is 0 Å². The molecule has 8 nitrogen and oxygen atoms in total. The summed E-state index contributed by atoms with van der Waals surface area (Å²) < 4.78 is 7.31. The molecule has 8 heteroatoms. The quantitative estimate of drug-likeness (QED) is 0.437. The van der Waals surface area contributed by atoms with Gasteiger partial charge in [-0.1, -0.05) is 12.1 Å². The van der Waals surface area contributed by atoms with Gasteiger partial charge in [0.05, 0.1) is 24.7 Å². The molecule has 1 aliphatic rings. The number of rotatable bonds is 7. The van der Waals surface area contributed by atoms with Crippen molar-refractivity contribution in [3.8, 4) is 22.8 Å². The average molecular weight is 446 g/mol. The summed E-state index contributed by atoms with van der Waals surface area (Å²) in [5.41, 5.74) is 5.24. The van der Waals surface area contributed by atoms with Crippen molar-refractivity contribution >= 4 is 22.6 Å². The molecule has 5 rings (SSSR count). The second kappa shape index (κ2) is 9.05. The maximum absolute atomic E-state index is 10.9. The van der Waals surface area contributed by atoms with Crippen molar-refractivity contribution in [2.75, 3.05) is 18.0 Å². The number of aryl methyl sites for hydroxylation is 2. The van der Waals surface area contributed by atoms with E-state index in [4.69, 9.17) is 9.63 Å². The van der Waals surface area contributed by atoms with E-state index < -0.39 is 5.97 Å². The molecule has 1 saturated heterocycles. The number of carboxylic acid groups (broad SMARTS) is 1. The van der Waals surface area contributed by atoms with Crippen LogP contribution in [0.2, 0.25) is 0 Å². The molecule has 170 valence electrons. The SMILES string of the molecule is CCc1cc(-c2nc(-c3ccc4c(cnn4CCC(=O)O)c3)no2)ccc1N1CCCCC1. The van der Waals surface area contributed by atoms with E-state index in [1.54, 1.807) is 10.9 Å². The van der Waals surface area contributed by atoms with Crippen molar-refractivity contribution in [1.29, 1.82) is 0 Å². The van der Waals surface area contributed by atoms with Crippen LogP contribution in [0.4, 0.5) is 5.69 Å². The largest absolute Gasteiger partial charge is 0.481 e. The van der Waals surface area contributed by atoms with Crippen molar-refractivity contribution in [3.63, 3.8) is 0 Å². The Morgan fingerprint density at radius 1 is 1.09 bits per heavy atom. The number of aromatic nitrogens is 4. The van der Waals surface area contributed by atoms with Crippen molar-refractivity contribution in [2.45, 2.75) is 45.6 Å². The minimum atomic E-state index is -0.843. The van der Waals surface area contributed by atoms with Crippen molar-refractivity contribution in [3.05, 3.63) is 48.2 Å². The van der Waals surface area contributed by atoms with Crippen LogP contribution >= 0.6 is 0 Å². The normalized spacial score (nSPS) is 14.2. The van der Waals surface area contributed by atoms with Gasteiger partial charge in [0.1, 0.15) is 0 Å². The van der Waals surface area contributed by atoms with Crippen LogP contribution in [0.5, 0.6) is 0 Å². The van der Waals surface area contributed by atoms with Crippen LogP contribution < -0.4 is 4.90 Å². The number of anilines is 1. The van der Waals surface area contributed by atoms with Crippen molar-refractivity contribution < 1.29 is 14.4 Å². The van der Waals surface area contributed by atoms with Gasteiger partial charge in [0.2, 0.25) is 5.82 Å². The van der Waals surface area contributed by atoms with E-state index in [1.807, 2.05) is 18.2 Å². The van der Waals surface area contributed by atoms with Gasteiger partial charge in [0.25, 0.3) is 5.89 Å². The first-order chi connectivity index (χ1) is 16.1. The molecule has 0 atom stereocenters. The summed E-state index contributed by atoms with van der Waals surface area (Å²) in [6.07, 6.45) is 6.53. The number of carboxylic acids is 1. The Labute approximate surface area is 191 Å². The zero-order valence-corrected chi connectivity index (χ0v) is 18.7. The van der Waals surface area contributed by atoms with Crippen LogP contribution in [0.25, 0.3) is 33.7 Å². The number of hydrogen-bond donors (Lipinski definition) is 1. The second-order valence-electron chi connectivity index (χ2n) is 8.45. The lowest BCUT2D eigenvalue weighted by Gasteiger charge is -2.30. The van der Waals surface area contributed by atoms with E-state index in [9.17, 15) is 4.79 Å². The van der Waals surface area contributed by atoms with Gasteiger partial charge in [-0.05, 0) is 67.6 Å². The van der Waals surface area contributed by atoms with E-state index in [2.05, 4.69) is 45.3 Å². The summed E-state index contributed by atoms with van der Waals surface area (Å²) in [4.78, 5) is 18.0. The molecule has 1 fully saturated rings. The molecule has 4 aromatic rings. The summed E-state index contributed by atoms with van der Waals surface area (Å²) in [5, 5.41) is 18.3. The molecule has 0 saturated carbocycles. The van der Waals surface area contributed by atoms with Crippen molar-refractivity contribution in [1.82, 2.24) is 19.9 Å². The maximum Gasteiger partial charge on any atom is 0.305 e. The monoisotopic (exact) mass is 445 g/mol. The molecule has 0 unspecified atom stereocenters. The van der Waals surface area contributed by atoms with Gasteiger partial charge >= 0.3 is 5.97 Å². The van der Waals surface area contributed by atoms with E-state index in [0.717, 1.165) is 41.5 Å². The lowest BCUT2D eigenvalue weighted by Crippen LogP contribution is -2.30. The van der Waals surface area contributed by atoms with Crippen LogP contribution in [0.15, 0.2) is 47.1 Å². The zero-order valence-electron chi connectivity index (χ0n) is 18.7. The molecule has 3 heterocycles. The highest BCUT2D eigenvalue weighted by Gasteiger charge is 2.17. The highest BCUT2D eigenvalue weighted by Crippen LogP contribution is 2.31. The fraction of sp³-hybridized carbons (Fsp3) is 0.360. The van der Waals surface area contributed by atoms with Gasteiger partial charge in [-0.15, -0.1) is 0 Å². The molecule has 0 radical (unpaired) electrons. The van der Waals surface area contributed by atoms with Gasteiger partial charge in [-0.3, -0.25) is 9.48 Å². The molecule has 1 N–H and O–H groups in total. The van der Waals surface area contributed by atoms with E-state index in [-0.39, 0.29) is 6.42 Å². The summed E-state index contributed by atoms with van der Waals surface area (Å²) in [6.45, 7) is 4.74. The first-order valence-electron chi connectivity index (χ1n) is 11.5. The highest BCUT2D eigenvalue weighted by molar-refractivity contribution is 5.83. The highest BCUT2D eigenvalue weighted by atomic mass is 16.5. The molecule has 1 aliphatic heterocycles. The molecule has 2 aromatic heterocycles. The van der Waals surface area contributed by atoms with Gasteiger partial charge < -0.3 is 14.5 Å². The number of piperidine rings is 1. The second-order valence-corrected chi connectivity index (χ2v) is 8.45. The Kier molecular flexibility index (Phi) is 5.81. The molecule has 0 spiro atoms. The smallest absolute Gasteiger partial charge is 0.305 e. The van der Waals surface area contributed by atoms with Gasteiger partial charge in [-0.2, -0.15) is 10.1 Å². The van der Waals surface area contributed by atoms with E-state index in [0.29, 0.717) is 18.3 Å². The third-order valence-corrected chi connectivity index (χ3v) is 6.27. The summed E-state index contributed by atoms with van der Waals surface area (Å²) in [6, 6.07) is 12.2. The van der Waals surface area contributed by atoms with Gasteiger partial charge in [0, 0.05) is 35.3 Å². The minimum absolute atomic E-state index is 0.0308. The molecule has 0 bridgehead atoms. The number of nitrogens with zero attached hydrogens (tertiary/aromatic N) is 5.